The zero-order valence-corrected chi connectivity index (χ0v) is 16.8. The van der Waals surface area contributed by atoms with Gasteiger partial charge in [0.15, 0.2) is 11.5 Å². The van der Waals surface area contributed by atoms with Gasteiger partial charge in [0.25, 0.3) is 0 Å². The number of carbonyl (C=O) groups is 1. The predicted molar refractivity (Wildman–Crippen MR) is 104 cm³/mol. The number of hydrogen-bond acceptors (Lipinski definition) is 6. The van der Waals surface area contributed by atoms with Gasteiger partial charge in [0, 0.05) is 27.8 Å². The number of halogens is 2. The smallest absolute Gasteiger partial charge is 0.342 e. The molecule has 8 heteroatoms. The zero-order chi connectivity index (χ0) is 19.1. The van der Waals surface area contributed by atoms with E-state index >= 15 is 0 Å². The molecule has 140 valence electrons. The van der Waals surface area contributed by atoms with E-state index < -0.39 is 5.97 Å². The van der Waals surface area contributed by atoms with Crippen molar-refractivity contribution >= 4 is 40.9 Å². The quantitative estimate of drug-likeness (QED) is 0.344. The van der Waals surface area contributed by atoms with Gasteiger partial charge in [-0.1, -0.05) is 23.2 Å². The van der Waals surface area contributed by atoms with Gasteiger partial charge in [-0.3, -0.25) is 0 Å². The molecule has 2 aromatic rings. The first-order valence-electron chi connectivity index (χ1n) is 7.55. The van der Waals surface area contributed by atoms with Gasteiger partial charge in [-0.15, -0.1) is 11.8 Å². The van der Waals surface area contributed by atoms with Crippen molar-refractivity contribution in [1.29, 1.82) is 0 Å². The minimum atomic E-state index is -0.513. The Balaban J connectivity index is 2.00. The summed E-state index contributed by atoms with van der Waals surface area (Å²) in [5, 5.41) is 1.20. The fourth-order valence-electron chi connectivity index (χ4n) is 2.14. The number of benzene rings is 2. The molecule has 2 aromatic carbocycles. The molecule has 0 aliphatic rings. The lowest BCUT2D eigenvalue weighted by atomic mass is 10.1. The van der Waals surface area contributed by atoms with Crippen molar-refractivity contribution < 1.29 is 23.7 Å². The van der Waals surface area contributed by atoms with Crippen LogP contribution in [0.2, 0.25) is 10.0 Å². The number of ether oxygens (including phenoxy) is 4. The molecular weight excluding hydrogens is 399 g/mol. The molecule has 0 fully saturated rings. The molecule has 0 spiro atoms. The van der Waals surface area contributed by atoms with Gasteiger partial charge in [0.05, 0.1) is 26.4 Å². The SMILES string of the molecule is COc1cc(OC)c(C(=O)OCCSc2cc(Cl)ccc2Cl)cc1OC. The van der Waals surface area contributed by atoms with E-state index in [0.29, 0.717) is 33.0 Å². The van der Waals surface area contributed by atoms with Gasteiger partial charge in [0.1, 0.15) is 17.9 Å². The Bertz CT molecular complexity index is 782. The molecular formula is C18H18Cl2O5S. The Morgan fingerprint density at radius 2 is 1.62 bits per heavy atom. The van der Waals surface area contributed by atoms with Crippen LogP contribution in [0.25, 0.3) is 0 Å². The minimum absolute atomic E-state index is 0.198. The number of esters is 1. The molecule has 0 radical (unpaired) electrons. The lowest BCUT2D eigenvalue weighted by Gasteiger charge is -2.13. The van der Waals surface area contributed by atoms with Crippen molar-refractivity contribution in [3.8, 4) is 17.2 Å². The summed E-state index contributed by atoms with van der Waals surface area (Å²) in [7, 11) is 4.47. The molecule has 0 heterocycles. The van der Waals surface area contributed by atoms with E-state index in [4.69, 9.17) is 42.1 Å². The van der Waals surface area contributed by atoms with Crippen molar-refractivity contribution in [2.45, 2.75) is 4.90 Å². The molecule has 0 atom stereocenters. The molecule has 0 aromatic heterocycles. The molecule has 0 bridgehead atoms. The van der Waals surface area contributed by atoms with E-state index in [0.717, 1.165) is 4.90 Å². The third-order valence-electron chi connectivity index (χ3n) is 3.39. The highest BCUT2D eigenvalue weighted by molar-refractivity contribution is 7.99. The van der Waals surface area contributed by atoms with Gasteiger partial charge in [-0.05, 0) is 18.2 Å². The molecule has 0 unspecified atom stereocenters. The summed E-state index contributed by atoms with van der Waals surface area (Å²) in [4.78, 5) is 13.2. The Hall–Kier alpha value is -1.76. The van der Waals surface area contributed by atoms with Gasteiger partial charge in [-0.2, -0.15) is 0 Å². The summed E-state index contributed by atoms with van der Waals surface area (Å²) in [5.74, 6) is 1.24. The van der Waals surface area contributed by atoms with E-state index in [-0.39, 0.29) is 12.2 Å². The maximum absolute atomic E-state index is 12.4. The number of rotatable bonds is 8. The number of carbonyl (C=O) groups excluding carboxylic acids is 1. The Labute approximate surface area is 166 Å². The topological polar surface area (TPSA) is 54.0 Å². The second-order valence-electron chi connectivity index (χ2n) is 4.97. The standard InChI is InChI=1S/C18H18Cl2O5S/c1-22-14-10-16(24-3)15(23-2)9-12(14)18(21)25-6-7-26-17-8-11(19)4-5-13(17)20/h4-5,8-10H,6-7H2,1-3H3. The molecule has 5 nitrogen and oxygen atoms in total. The monoisotopic (exact) mass is 416 g/mol. The first-order valence-corrected chi connectivity index (χ1v) is 9.29. The van der Waals surface area contributed by atoms with Crippen LogP contribution in [0.3, 0.4) is 0 Å². The first kappa shape index (κ1) is 20.6. The van der Waals surface area contributed by atoms with Crippen LogP contribution >= 0.6 is 35.0 Å². The maximum atomic E-state index is 12.4. The minimum Gasteiger partial charge on any atom is -0.496 e. The van der Waals surface area contributed by atoms with Crippen molar-refractivity contribution in [3.05, 3.63) is 45.9 Å². The average Bonchev–Trinajstić information content (AvgIpc) is 2.66. The fourth-order valence-corrected chi connectivity index (χ4v) is 3.46. The summed E-state index contributed by atoms with van der Waals surface area (Å²) in [6, 6.07) is 8.33. The number of methoxy groups -OCH3 is 3. The van der Waals surface area contributed by atoms with Crippen LogP contribution in [0, 0.1) is 0 Å². The van der Waals surface area contributed by atoms with Crippen molar-refractivity contribution in [2.75, 3.05) is 33.7 Å². The summed E-state index contributed by atoms with van der Waals surface area (Å²) in [5.41, 5.74) is 0.260. The lowest BCUT2D eigenvalue weighted by molar-refractivity contribution is 0.0526. The highest BCUT2D eigenvalue weighted by atomic mass is 35.5. The second-order valence-corrected chi connectivity index (χ2v) is 6.95. The van der Waals surface area contributed by atoms with Crippen molar-refractivity contribution in [1.82, 2.24) is 0 Å². The van der Waals surface area contributed by atoms with Gasteiger partial charge in [0.2, 0.25) is 0 Å². The molecule has 0 saturated heterocycles. The molecule has 0 aliphatic heterocycles. The molecule has 0 N–H and O–H groups in total. The van der Waals surface area contributed by atoms with Crippen LogP contribution < -0.4 is 14.2 Å². The maximum Gasteiger partial charge on any atom is 0.342 e. The summed E-state index contributed by atoms with van der Waals surface area (Å²) >= 11 is 13.5. The predicted octanol–water partition coefficient (Wildman–Crippen LogP) is 4.97. The van der Waals surface area contributed by atoms with Crippen LogP contribution in [0.5, 0.6) is 17.2 Å². The van der Waals surface area contributed by atoms with Crippen LogP contribution in [-0.2, 0) is 4.74 Å². The molecule has 26 heavy (non-hydrogen) atoms. The Morgan fingerprint density at radius 3 is 2.27 bits per heavy atom. The molecule has 2 rings (SSSR count). The van der Waals surface area contributed by atoms with E-state index in [9.17, 15) is 4.79 Å². The van der Waals surface area contributed by atoms with E-state index in [1.165, 1.54) is 39.2 Å². The van der Waals surface area contributed by atoms with Crippen molar-refractivity contribution in [2.24, 2.45) is 0 Å². The lowest BCUT2D eigenvalue weighted by Crippen LogP contribution is -2.10. The van der Waals surface area contributed by atoms with Gasteiger partial charge < -0.3 is 18.9 Å². The number of hydrogen-bond donors (Lipinski definition) is 0. The first-order chi connectivity index (χ1) is 12.5. The largest absolute Gasteiger partial charge is 0.496 e. The number of thioether (sulfide) groups is 1. The third-order valence-corrected chi connectivity index (χ3v) is 5.09. The van der Waals surface area contributed by atoms with Crippen LogP contribution in [0.4, 0.5) is 0 Å². The van der Waals surface area contributed by atoms with Gasteiger partial charge in [-0.25, -0.2) is 4.79 Å². The zero-order valence-electron chi connectivity index (χ0n) is 14.5. The second kappa shape index (κ2) is 9.80. The van der Waals surface area contributed by atoms with E-state index in [1.54, 1.807) is 24.3 Å². The Kier molecular flexibility index (Phi) is 7.75. The fraction of sp³-hybridized carbons (Fsp3) is 0.278. The van der Waals surface area contributed by atoms with Crippen LogP contribution in [0.1, 0.15) is 10.4 Å². The summed E-state index contributed by atoms with van der Waals surface area (Å²) in [6.45, 7) is 0.198. The molecule has 0 aliphatic carbocycles. The molecule has 0 amide bonds. The Morgan fingerprint density at radius 1 is 0.962 bits per heavy atom. The molecule has 0 saturated carbocycles. The van der Waals surface area contributed by atoms with Crippen LogP contribution in [-0.4, -0.2) is 39.7 Å². The van der Waals surface area contributed by atoms with E-state index in [2.05, 4.69) is 0 Å². The normalized spacial score (nSPS) is 10.3. The van der Waals surface area contributed by atoms with E-state index in [1.807, 2.05) is 0 Å². The summed E-state index contributed by atoms with van der Waals surface area (Å²) < 4.78 is 21.0. The highest BCUT2D eigenvalue weighted by Gasteiger charge is 2.19. The van der Waals surface area contributed by atoms with Crippen molar-refractivity contribution in [3.63, 3.8) is 0 Å². The van der Waals surface area contributed by atoms with Crippen LogP contribution in [0.15, 0.2) is 35.2 Å². The summed E-state index contributed by atoms with van der Waals surface area (Å²) in [6.07, 6.45) is 0. The average molecular weight is 417 g/mol. The third kappa shape index (κ3) is 5.13. The highest BCUT2D eigenvalue weighted by Crippen LogP contribution is 2.35. The van der Waals surface area contributed by atoms with Gasteiger partial charge >= 0.3 is 5.97 Å².